The van der Waals surface area contributed by atoms with E-state index in [1.54, 1.807) is 0 Å². The van der Waals surface area contributed by atoms with Gasteiger partial charge in [-0.2, -0.15) is 4.98 Å². The second-order valence-electron chi connectivity index (χ2n) is 8.65. The molecule has 8 heteroatoms. The highest BCUT2D eigenvalue weighted by molar-refractivity contribution is 5.80. The lowest BCUT2D eigenvalue weighted by Gasteiger charge is -2.24. The summed E-state index contributed by atoms with van der Waals surface area (Å²) in [5, 5.41) is 9.82. The van der Waals surface area contributed by atoms with E-state index in [2.05, 4.69) is 30.9 Å². The first-order valence-corrected chi connectivity index (χ1v) is 11.3. The number of amides is 1. The predicted octanol–water partition coefficient (Wildman–Crippen LogP) is 4.00. The first-order valence-electron chi connectivity index (χ1n) is 11.3. The highest BCUT2D eigenvalue weighted by Crippen LogP contribution is 2.42. The number of anilines is 3. The molecule has 8 nitrogen and oxygen atoms in total. The van der Waals surface area contributed by atoms with Crippen LogP contribution in [0.3, 0.4) is 0 Å². The Hall–Kier alpha value is -3.16. The first-order chi connectivity index (χ1) is 15.2. The van der Waals surface area contributed by atoms with Gasteiger partial charge >= 0.3 is 0 Å². The molecule has 2 heterocycles. The van der Waals surface area contributed by atoms with E-state index in [1.807, 2.05) is 31.3 Å². The Labute approximate surface area is 181 Å². The summed E-state index contributed by atoms with van der Waals surface area (Å²) in [5.74, 6) is 3.37. The topological polar surface area (TPSA) is 108 Å². The molecule has 3 aromatic rings. The summed E-state index contributed by atoms with van der Waals surface area (Å²) in [7, 11) is 0. The van der Waals surface area contributed by atoms with Crippen LogP contribution in [0.25, 0.3) is 11.0 Å². The van der Waals surface area contributed by atoms with Gasteiger partial charge in [-0.25, -0.2) is 9.97 Å². The first kappa shape index (κ1) is 19.8. The molecule has 1 aromatic carbocycles. The average molecular weight is 420 g/mol. The van der Waals surface area contributed by atoms with Crippen molar-refractivity contribution in [2.45, 2.75) is 51.4 Å². The molecular formula is C23H29N7O. The lowest BCUT2D eigenvalue weighted by molar-refractivity contribution is -0.127. The zero-order valence-electron chi connectivity index (χ0n) is 17.9. The number of aromatic nitrogens is 4. The van der Waals surface area contributed by atoms with E-state index in [9.17, 15) is 4.79 Å². The van der Waals surface area contributed by atoms with Gasteiger partial charge in [-0.15, -0.1) is 0 Å². The quantitative estimate of drug-likeness (QED) is 0.391. The van der Waals surface area contributed by atoms with Gasteiger partial charge in [-0.1, -0.05) is 6.42 Å². The zero-order valence-corrected chi connectivity index (χ0v) is 17.9. The molecule has 0 spiro atoms. The van der Waals surface area contributed by atoms with Crippen LogP contribution in [0.5, 0.6) is 0 Å². The maximum absolute atomic E-state index is 11.9. The number of H-pyrrole nitrogens is 1. The molecule has 0 aliphatic heterocycles. The number of rotatable bonds is 9. The van der Waals surface area contributed by atoms with E-state index in [4.69, 9.17) is 4.98 Å². The van der Waals surface area contributed by atoms with Crippen molar-refractivity contribution in [3.8, 4) is 0 Å². The monoisotopic (exact) mass is 419 g/mol. The van der Waals surface area contributed by atoms with Crippen LogP contribution in [0.4, 0.5) is 17.5 Å². The molecule has 2 fully saturated rings. The smallest absolute Gasteiger partial charge is 0.229 e. The summed E-state index contributed by atoms with van der Waals surface area (Å²) >= 11 is 0. The fraction of sp³-hybridized carbons (Fsp3) is 0.478. The molecule has 0 atom stereocenters. The Morgan fingerprint density at radius 2 is 2.03 bits per heavy atom. The normalized spacial score (nSPS) is 16.2. The Morgan fingerprint density at radius 1 is 1.16 bits per heavy atom. The number of hydrogen-bond acceptors (Lipinski definition) is 6. The van der Waals surface area contributed by atoms with Gasteiger partial charge in [0.2, 0.25) is 11.9 Å². The van der Waals surface area contributed by atoms with Gasteiger partial charge < -0.3 is 20.9 Å². The molecule has 0 radical (unpaired) electrons. The third-order valence-electron chi connectivity index (χ3n) is 6.11. The second-order valence-corrected chi connectivity index (χ2v) is 8.65. The molecular weight excluding hydrogens is 390 g/mol. The zero-order chi connectivity index (χ0) is 21.2. The minimum absolute atomic E-state index is 0.211. The lowest BCUT2D eigenvalue weighted by atomic mass is 9.85. The largest absolute Gasteiger partial charge is 0.370 e. The molecule has 4 N–H and O–H groups in total. The van der Waals surface area contributed by atoms with Crippen LogP contribution < -0.4 is 16.0 Å². The number of aromatic amines is 1. The number of benzene rings is 1. The molecule has 31 heavy (non-hydrogen) atoms. The van der Waals surface area contributed by atoms with Gasteiger partial charge in [0.05, 0.1) is 11.0 Å². The summed E-state index contributed by atoms with van der Waals surface area (Å²) in [6, 6.07) is 5.99. The van der Waals surface area contributed by atoms with E-state index in [0.717, 1.165) is 54.2 Å². The molecule has 1 amide bonds. The van der Waals surface area contributed by atoms with Gasteiger partial charge in [0.25, 0.3) is 0 Å². The Morgan fingerprint density at radius 3 is 2.81 bits per heavy atom. The average Bonchev–Trinajstić information content (AvgIpc) is 3.47. The van der Waals surface area contributed by atoms with Crippen molar-refractivity contribution in [1.82, 2.24) is 25.3 Å². The lowest BCUT2D eigenvalue weighted by Crippen LogP contribution is -2.35. The summed E-state index contributed by atoms with van der Waals surface area (Å²) in [4.78, 5) is 28.9. The number of nitrogens with zero attached hydrogens (tertiary/aromatic N) is 3. The minimum Gasteiger partial charge on any atom is -0.370 e. The summed E-state index contributed by atoms with van der Waals surface area (Å²) in [6.07, 6.45) is 8.45. The summed E-state index contributed by atoms with van der Waals surface area (Å²) < 4.78 is 0. The van der Waals surface area contributed by atoms with E-state index in [0.29, 0.717) is 18.4 Å². The number of carbonyl (C=O) groups is 1. The van der Waals surface area contributed by atoms with Crippen molar-refractivity contribution in [3.05, 3.63) is 35.8 Å². The van der Waals surface area contributed by atoms with Crippen molar-refractivity contribution in [2.24, 2.45) is 5.92 Å². The van der Waals surface area contributed by atoms with Crippen LogP contribution in [0.2, 0.25) is 0 Å². The number of fused-ring (bicyclic) bond motifs is 1. The Balaban J connectivity index is 1.21. The molecule has 2 saturated carbocycles. The second kappa shape index (κ2) is 8.53. The van der Waals surface area contributed by atoms with Crippen LogP contribution in [0.15, 0.2) is 24.4 Å². The highest BCUT2D eigenvalue weighted by atomic mass is 16.1. The van der Waals surface area contributed by atoms with Gasteiger partial charge in [0.1, 0.15) is 11.6 Å². The van der Waals surface area contributed by atoms with Gasteiger partial charge in [0.15, 0.2) is 0 Å². The number of hydrogen-bond donors (Lipinski definition) is 4. The van der Waals surface area contributed by atoms with E-state index >= 15 is 0 Å². The number of nitrogens with one attached hydrogen (secondary N) is 4. The van der Waals surface area contributed by atoms with Crippen LogP contribution in [0, 0.1) is 12.8 Å². The number of aryl methyl sites for hydroxylation is 1. The van der Waals surface area contributed by atoms with Gasteiger partial charge in [0, 0.05) is 36.5 Å². The molecule has 0 bridgehead atoms. The van der Waals surface area contributed by atoms with Crippen molar-refractivity contribution in [2.75, 3.05) is 23.7 Å². The van der Waals surface area contributed by atoms with E-state index in [1.165, 1.54) is 24.8 Å². The van der Waals surface area contributed by atoms with Crippen molar-refractivity contribution in [3.63, 3.8) is 0 Å². The molecule has 2 aromatic heterocycles. The third kappa shape index (κ3) is 4.62. The van der Waals surface area contributed by atoms with Gasteiger partial charge in [-0.05, 0) is 63.1 Å². The van der Waals surface area contributed by atoms with Crippen LogP contribution in [-0.2, 0) is 4.79 Å². The predicted molar refractivity (Wildman–Crippen MR) is 122 cm³/mol. The number of carbonyl (C=O) groups excluding carboxylic acids is 1. The standard InChI is InChI=1S/C23H29N7O/c1-14-27-19-9-8-17(12-20(19)28-14)29-23-26-13-18(15-6-7-15)21(30-23)24-10-3-11-25-22(31)16-4-2-5-16/h8-9,12-13,15-16H,2-7,10-11H2,1H3,(H,25,31)(H,27,28)(H2,24,26,29,30). The maximum atomic E-state index is 11.9. The fourth-order valence-electron chi connectivity index (χ4n) is 3.95. The Kier molecular flexibility index (Phi) is 5.44. The molecule has 162 valence electrons. The molecule has 0 saturated heterocycles. The summed E-state index contributed by atoms with van der Waals surface area (Å²) in [6.45, 7) is 3.41. The Bertz CT molecular complexity index is 1080. The highest BCUT2D eigenvalue weighted by Gasteiger charge is 2.28. The van der Waals surface area contributed by atoms with Crippen LogP contribution >= 0.6 is 0 Å². The fourth-order valence-corrected chi connectivity index (χ4v) is 3.95. The third-order valence-corrected chi connectivity index (χ3v) is 6.11. The minimum atomic E-state index is 0.211. The van der Waals surface area contributed by atoms with Crippen molar-refractivity contribution in [1.29, 1.82) is 0 Å². The van der Waals surface area contributed by atoms with Gasteiger partial charge in [-0.3, -0.25) is 4.79 Å². The SMILES string of the molecule is Cc1nc2ccc(Nc3ncc(C4CC4)c(NCCCNC(=O)C4CCC4)n3)cc2[nH]1. The van der Waals surface area contributed by atoms with E-state index < -0.39 is 0 Å². The van der Waals surface area contributed by atoms with Crippen molar-refractivity contribution < 1.29 is 4.79 Å². The summed E-state index contributed by atoms with van der Waals surface area (Å²) in [5.41, 5.74) is 4.03. The van der Waals surface area contributed by atoms with Crippen molar-refractivity contribution >= 4 is 34.4 Å². The number of imidazole rings is 1. The van der Waals surface area contributed by atoms with Crippen LogP contribution in [0.1, 0.15) is 55.8 Å². The molecule has 2 aliphatic carbocycles. The molecule has 5 rings (SSSR count). The molecule has 0 unspecified atom stereocenters. The maximum Gasteiger partial charge on any atom is 0.229 e. The van der Waals surface area contributed by atoms with E-state index in [-0.39, 0.29) is 11.8 Å². The van der Waals surface area contributed by atoms with Crippen LogP contribution in [-0.4, -0.2) is 38.9 Å². The molecule has 2 aliphatic rings.